The van der Waals surface area contributed by atoms with E-state index in [4.69, 9.17) is 5.26 Å². The third kappa shape index (κ3) is 3.11. The van der Waals surface area contributed by atoms with Crippen LogP contribution in [0.25, 0.3) is 11.0 Å². The van der Waals surface area contributed by atoms with Crippen molar-refractivity contribution < 1.29 is 4.79 Å². The van der Waals surface area contributed by atoms with Crippen molar-refractivity contribution >= 4 is 22.8 Å². The lowest BCUT2D eigenvalue weighted by molar-refractivity contribution is -0.137. The van der Waals surface area contributed by atoms with Gasteiger partial charge in [0.2, 0.25) is 5.91 Å². The molecule has 2 aromatic heterocycles. The number of carbonyl (C=O) groups excluding carboxylic acids is 1. The van der Waals surface area contributed by atoms with E-state index in [2.05, 4.69) is 19.9 Å². The van der Waals surface area contributed by atoms with Gasteiger partial charge in [0.05, 0.1) is 11.5 Å². The minimum atomic E-state index is -0.0399. The Morgan fingerprint density at radius 3 is 3.17 bits per heavy atom. The van der Waals surface area contributed by atoms with Crippen molar-refractivity contribution in [2.75, 3.05) is 25.0 Å². The topological polar surface area (TPSA) is 88.9 Å². The second-order valence-corrected chi connectivity index (χ2v) is 5.87. The Bertz CT molecular complexity index is 733. The summed E-state index contributed by atoms with van der Waals surface area (Å²) in [5.41, 5.74) is 0.842. The number of aromatic nitrogens is 3. The van der Waals surface area contributed by atoms with E-state index in [0.29, 0.717) is 6.04 Å². The molecule has 23 heavy (non-hydrogen) atoms. The first-order valence-electron chi connectivity index (χ1n) is 7.86. The monoisotopic (exact) mass is 312 g/mol. The predicted octanol–water partition coefficient (Wildman–Crippen LogP) is 1.69. The average Bonchev–Trinajstić information content (AvgIpc) is 2.98. The summed E-state index contributed by atoms with van der Waals surface area (Å²) >= 11 is 0. The van der Waals surface area contributed by atoms with Crippen LogP contribution in [0.5, 0.6) is 0 Å². The fourth-order valence-electron chi connectivity index (χ4n) is 3.07. The predicted molar refractivity (Wildman–Crippen MR) is 86.7 cm³/mol. The molecule has 1 fully saturated rings. The van der Waals surface area contributed by atoms with Gasteiger partial charge in [-0.05, 0) is 25.3 Å². The number of rotatable bonds is 6. The van der Waals surface area contributed by atoms with Crippen molar-refractivity contribution in [1.29, 1.82) is 5.26 Å². The van der Waals surface area contributed by atoms with E-state index >= 15 is 0 Å². The molecule has 1 N–H and O–H groups in total. The fraction of sp³-hybridized carbons (Fsp3) is 0.500. The summed E-state index contributed by atoms with van der Waals surface area (Å²) in [5, 5.41) is 9.63. The molecule has 0 bridgehead atoms. The molecule has 1 aliphatic heterocycles. The molecule has 1 amide bonds. The number of carbonyl (C=O) groups is 1. The first kappa shape index (κ1) is 15.3. The van der Waals surface area contributed by atoms with Gasteiger partial charge >= 0.3 is 0 Å². The molecule has 0 unspecified atom stereocenters. The molecule has 0 radical (unpaired) electrons. The van der Waals surface area contributed by atoms with E-state index in [1.54, 1.807) is 6.33 Å². The first-order chi connectivity index (χ1) is 11.2. The molecule has 2 aromatic rings. The number of H-pyrrole nitrogens is 1. The number of anilines is 1. The summed E-state index contributed by atoms with van der Waals surface area (Å²) in [4.78, 5) is 27.4. The summed E-state index contributed by atoms with van der Waals surface area (Å²) in [6, 6.07) is 4.21. The van der Waals surface area contributed by atoms with Gasteiger partial charge in [0.1, 0.15) is 24.2 Å². The summed E-state index contributed by atoms with van der Waals surface area (Å²) in [7, 11) is 2.02. The van der Waals surface area contributed by atoms with E-state index < -0.39 is 0 Å². The van der Waals surface area contributed by atoms with Gasteiger partial charge in [0, 0.05) is 32.4 Å². The number of aromatic amines is 1. The summed E-state index contributed by atoms with van der Waals surface area (Å²) < 4.78 is 0. The van der Waals surface area contributed by atoms with Crippen LogP contribution in [0, 0.1) is 11.3 Å². The van der Waals surface area contributed by atoms with E-state index in [9.17, 15) is 4.79 Å². The number of hydrogen-bond acceptors (Lipinski definition) is 5. The minimum Gasteiger partial charge on any atom is -0.359 e. The van der Waals surface area contributed by atoms with Gasteiger partial charge < -0.3 is 14.8 Å². The van der Waals surface area contributed by atoms with E-state index in [1.807, 2.05) is 30.3 Å². The van der Waals surface area contributed by atoms with Gasteiger partial charge in [0.25, 0.3) is 0 Å². The Morgan fingerprint density at radius 1 is 1.57 bits per heavy atom. The highest BCUT2D eigenvalue weighted by atomic mass is 16.2. The maximum Gasteiger partial charge on any atom is 0.237 e. The number of likely N-dealkylation sites (tertiary alicyclic amines) is 1. The first-order valence-corrected chi connectivity index (χ1v) is 7.86. The highest BCUT2D eigenvalue weighted by Gasteiger charge is 2.31. The Kier molecular flexibility index (Phi) is 4.42. The van der Waals surface area contributed by atoms with E-state index in [-0.39, 0.29) is 12.3 Å². The van der Waals surface area contributed by atoms with Crippen LogP contribution in [0.4, 0.5) is 5.82 Å². The molecule has 120 valence electrons. The Hall–Kier alpha value is -2.62. The van der Waals surface area contributed by atoms with Crippen LogP contribution in [0.2, 0.25) is 0 Å². The molecule has 0 spiro atoms. The number of fused-ring (bicyclic) bond motifs is 1. The molecular formula is C16H20N6O. The molecule has 0 aliphatic carbocycles. The van der Waals surface area contributed by atoms with Crippen LogP contribution in [0.15, 0.2) is 18.6 Å². The quantitative estimate of drug-likeness (QED) is 0.876. The van der Waals surface area contributed by atoms with Gasteiger partial charge in [-0.25, -0.2) is 9.97 Å². The number of nitrogens with zero attached hydrogens (tertiary/aromatic N) is 5. The zero-order valence-electron chi connectivity index (χ0n) is 13.2. The second kappa shape index (κ2) is 6.65. The highest BCUT2D eigenvalue weighted by molar-refractivity contribution is 5.87. The lowest BCUT2D eigenvalue weighted by atomic mass is 9.97. The van der Waals surface area contributed by atoms with E-state index in [0.717, 1.165) is 49.2 Å². The van der Waals surface area contributed by atoms with Gasteiger partial charge in [-0.1, -0.05) is 0 Å². The number of hydrogen-bond donors (Lipinski definition) is 1. The molecule has 3 rings (SSSR count). The van der Waals surface area contributed by atoms with Crippen LogP contribution in [0.3, 0.4) is 0 Å². The molecule has 7 heteroatoms. The summed E-state index contributed by atoms with van der Waals surface area (Å²) in [5.74, 6) is 0.879. The second-order valence-electron chi connectivity index (χ2n) is 5.87. The van der Waals surface area contributed by atoms with Gasteiger partial charge in [-0.15, -0.1) is 0 Å². The number of nitrogens with one attached hydrogen (secondary N) is 1. The van der Waals surface area contributed by atoms with E-state index in [1.165, 1.54) is 0 Å². The van der Waals surface area contributed by atoms with Crippen LogP contribution in [-0.2, 0) is 4.79 Å². The van der Waals surface area contributed by atoms with Crippen LogP contribution < -0.4 is 4.90 Å². The third-order valence-corrected chi connectivity index (χ3v) is 4.42. The highest BCUT2D eigenvalue weighted by Crippen LogP contribution is 2.24. The lowest BCUT2D eigenvalue weighted by Gasteiger charge is -2.41. The minimum absolute atomic E-state index is 0.0111. The smallest absolute Gasteiger partial charge is 0.237 e. The van der Waals surface area contributed by atoms with Crippen molar-refractivity contribution in [2.45, 2.75) is 31.7 Å². The number of amides is 1. The molecule has 1 saturated heterocycles. The maximum absolute atomic E-state index is 11.7. The van der Waals surface area contributed by atoms with Crippen LogP contribution >= 0.6 is 0 Å². The van der Waals surface area contributed by atoms with Crippen molar-refractivity contribution in [3.05, 3.63) is 18.6 Å². The summed E-state index contributed by atoms with van der Waals surface area (Å²) in [6.45, 7) is 1.66. The molecule has 1 aliphatic rings. The molecule has 7 nitrogen and oxygen atoms in total. The molecular weight excluding hydrogens is 292 g/mol. The van der Waals surface area contributed by atoms with Gasteiger partial charge in [-0.3, -0.25) is 4.79 Å². The zero-order valence-corrected chi connectivity index (χ0v) is 13.2. The zero-order chi connectivity index (χ0) is 16.2. The Labute approximate surface area is 134 Å². The SMILES string of the molecule is CN(CCC[C@H]1CCN1C(=O)CC#N)c1ncnc2[nH]ccc12. The van der Waals surface area contributed by atoms with Crippen molar-refractivity contribution in [3.8, 4) is 6.07 Å². The molecule has 0 aromatic carbocycles. The number of nitriles is 1. The van der Waals surface area contributed by atoms with Gasteiger partial charge in [0.15, 0.2) is 0 Å². The third-order valence-electron chi connectivity index (χ3n) is 4.42. The molecule has 3 heterocycles. The molecule has 1 atom stereocenters. The molecule has 0 saturated carbocycles. The lowest BCUT2D eigenvalue weighted by Crippen LogP contribution is -2.51. The fourth-order valence-corrected chi connectivity index (χ4v) is 3.07. The average molecular weight is 312 g/mol. The van der Waals surface area contributed by atoms with Crippen molar-refractivity contribution in [2.24, 2.45) is 0 Å². The summed E-state index contributed by atoms with van der Waals surface area (Å²) in [6.07, 6.45) is 6.40. The van der Waals surface area contributed by atoms with Crippen LogP contribution in [0.1, 0.15) is 25.7 Å². The maximum atomic E-state index is 11.7. The standard InChI is InChI=1S/C16H20N6O/c1-21(16-13-5-8-18-15(13)19-11-20-16)9-2-3-12-6-10-22(12)14(23)4-7-17/h5,8,11-12H,2-4,6,9-10H2,1H3,(H,18,19,20)/t12-/m0/s1. The Morgan fingerprint density at radius 2 is 2.43 bits per heavy atom. The van der Waals surface area contributed by atoms with Crippen molar-refractivity contribution in [3.63, 3.8) is 0 Å². The van der Waals surface area contributed by atoms with Crippen molar-refractivity contribution in [1.82, 2.24) is 19.9 Å². The largest absolute Gasteiger partial charge is 0.359 e. The van der Waals surface area contributed by atoms with Gasteiger partial charge in [-0.2, -0.15) is 5.26 Å². The normalized spacial score (nSPS) is 16.9. The van der Waals surface area contributed by atoms with Crippen LogP contribution in [-0.4, -0.2) is 51.9 Å². The Balaban J connectivity index is 1.52.